The number of ether oxygens (including phenoxy) is 2. The van der Waals surface area contributed by atoms with E-state index in [-0.39, 0.29) is 60.1 Å². The molecule has 0 bridgehead atoms. The highest BCUT2D eigenvalue weighted by Gasteiger charge is 2.48. The fourth-order valence-electron chi connectivity index (χ4n) is 7.03. The molecule has 1 saturated carbocycles. The van der Waals surface area contributed by atoms with Crippen molar-refractivity contribution in [2.45, 2.75) is 57.1 Å². The summed E-state index contributed by atoms with van der Waals surface area (Å²) in [7, 11) is 0. The first-order chi connectivity index (χ1) is 22.4. The maximum atomic E-state index is 14.3. The van der Waals surface area contributed by atoms with E-state index in [1.807, 2.05) is 48.5 Å². The largest absolute Gasteiger partial charge is 0.483 e. The van der Waals surface area contributed by atoms with Crippen molar-refractivity contribution >= 4 is 11.8 Å². The number of halogens is 2. The molecule has 7 rings (SSSR count). The van der Waals surface area contributed by atoms with Crippen molar-refractivity contribution in [3.8, 4) is 5.75 Å². The van der Waals surface area contributed by atoms with E-state index in [0.717, 1.165) is 37.0 Å². The van der Waals surface area contributed by atoms with E-state index in [1.54, 1.807) is 9.47 Å². The molecule has 4 aromatic rings. The predicted octanol–water partition coefficient (Wildman–Crippen LogP) is 5.40. The first-order valence-electron chi connectivity index (χ1n) is 15.5. The molecule has 8 nitrogen and oxygen atoms in total. The van der Waals surface area contributed by atoms with Crippen LogP contribution >= 0.6 is 0 Å². The Morgan fingerprint density at radius 1 is 0.978 bits per heavy atom. The van der Waals surface area contributed by atoms with Crippen LogP contribution in [0.3, 0.4) is 0 Å². The Balaban J connectivity index is 1.19. The highest BCUT2D eigenvalue weighted by Crippen LogP contribution is 2.43. The SMILES string of the molecule is O=C(NCc1ccc(F)cc1F)c1cn2c(c(OCc3ccccc3)c1=O)C(=O)N1[C@@H](C2)OC[C@@H]2C[C@@H](c3ccccc3)CC[C@@H]21. The molecule has 10 heteroatoms. The van der Waals surface area contributed by atoms with Crippen molar-refractivity contribution in [3.63, 3.8) is 0 Å². The number of fused-ring (bicyclic) bond motifs is 4. The molecule has 0 spiro atoms. The van der Waals surface area contributed by atoms with Gasteiger partial charge in [0.15, 0.2) is 17.7 Å². The first kappa shape index (κ1) is 29.9. The van der Waals surface area contributed by atoms with E-state index in [2.05, 4.69) is 17.4 Å². The van der Waals surface area contributed by atoms with Gasteiger partial charge in [-0.05, 0) is 42.4 Å². The van der Waals surface area contributed by atoms with Crippen LogP contribution in [0.15, 0.2) is 89.9 Å². The third kappa shape index (κ3) is 5.69. The topological polar surface area (TPSA) is 89.9 Å². The lowest BCUT2D eigenvalue weighted by Gasteiger charge is -2.51. The number of amides is 2. The van der Waals surface area contributed by atoms with Gasteiger partial charge in [-0.2, -0.15) is 0 Å². The predicted molar refractivity (Wildman–Crippen MR) is 165 cm³/mol. The maximum Gasteiger partial charge on any atom is 0.276 e. The molecule has 3 heterocycles. The van der Waals surface area contributed by atoms with Crippen LogP contribution < -0.4 is 15.5 Å². The van der Waals surface area contributed by atoms with Crippen LogP contribution in [0.1, 0.15) is 62.7 Å². The van der Waals surface area contributed by atoms with Crippen LogP contribution in [0, 0.1) is 17.6 Å². The van der Waals surface area contributed by atoms with Gasteiger partial charge in [0.25, 0.3) is 11.8 Å². The van der Waals surface area contributed by atoms with Crippen LogP contribution in [0.2, 0.25) is 0 Å². The zero-order valence-corrected chi connectivity index (χ0v) is 25.0. The Kier molecular flexibility index (Phi) is 8.12. The lowest BCUT2D eigenvalue weighted by Crippen LogP contribution is -2.62. The van der Waals surface area contributed by atoms with Crippen molar-refractivity contribution in [2.24, 2.45) is 5.92 Å². The van der Waals surface area contributed by atoms with Gasteiger partial charge in [-0.1, -0.05) is 66.7 Å². The van der Waals surface area contributed by atoms with E-state index < -0.39 is 29.2 Å². The number of aromatic nitrogens is 1. The lowest BCUT2D eigenvalue weighted by atomic mass is 9.74. The zero-order valence-electron chi connectivity index (χ0n) is 25.0. The van der Waals surface area contributed by atoms with E-state index in [9.17, 15) is 23.2 Å². The van der Waals surface area contributed by atoms with Gasteiger partial charge < -0.3 is 24.3 Å². The van der Waals surface area contributed by atoms with Crippen molar-refractivity contribution < 1.29 is 27.8 Å². The van der Waals surface area contributed by atoms with Gasteiger partial charge in [-0.3, -0.25) is 14.4 Å². The second-order valence-corrected chi connectivity index (χ2v) is 12.1. The monoisotopic (exact) mass is 625 g/mol. The van der Waals surface area contributed by atoms with Gasteiger partial charge in [0.1, 0.15) is 23.8 Å². The van der Waals surface area contributed by atoms with Gasteiger partial charge in [0, 0.05) is 36.3 Å². The number of nitrogens with zero attached hydrogens (tertiary/aromatic N) is 2. The number of nitrogens with one attached hydrogen (secondary N) is 1. The van der Waals surface area contributed by atoms with Crippen LogP contribution in [0.25, 0.3) is 0 Å². The van der Waals surface area contributed by atoms with Crippen LogP contribution in [0.5, 0.6) is 5.75 Å². The molecule has 2 fully saturated rings. The molecule has 1 aromatic heterocycles. The molecule has 1 aliphatic carbocycles. The van der Waals surface area contributed by atoms with E-state index in [1.165, 1.54) is 17.8 Å². The molecule has 46 heavy (non-hydrogen) atoms. The summed E-state index contributed by atoms with van der Waals surface area (Å²) in [6.45, 7) is 0.456. The average molecular weight is 626 g/mol. The van der Waals surface area contributed by atoms with Crippen molar-refractivity contribution in [1.82, 2.24) is 14.8 Å². The number of rotatable bonds is 7. The molecule has 0 radical (unpaired) electrons. The first-order valence-corrected chi connectivity index (χ1v) is 15.5. The summed E-state index contributed by atoms with van der Waals surface area (Å²) in [4.78, 5) is 43.3. The highest BCUT2D eigenvalue weighted by molar-refractivity contribution is 5.99. The summed E-state index contributed by atoms with van der Waals surface area (Å²) in [5.41, 5.74) is 1.21. The number of hydrogen-bond donors (Lipinski definition) is 1. The van der Waals surface area contributed by atoms with Crippen molar-refractivity contribution in [3.05, 3.63) is 135 Å². The molecular formula is C36H33F2N3O5. The molecule has 1 N–H and O–H groups in total. The molecular weight excluding hydrogens is 592 g/mol. The Morgan fingerprint density at radius 2 is 1.74 bits per heavy atom. The number of pyridine rings is 1. The minimum absolute atomic E-state index is 0.00691. The molecule has 0 unspecified atom stereocenters. The molecule has 1 saturated heterocycles. The van der Waals surface area contributed by atoms with E-state index in [4.69, 9.17) is 9.47 Å². The quantitative estimate of drug-likeness (QED) is 0.297. The summed E-state index contributed by atoms with van der Waals surface area (Å²) < 4.78 is 41.5. The highest BCUT2D eigenvalue weighted by atomic mass is 19.1. The molecule has 4 atom stereocenters. The van der Waals surface area contributed by atoms with Gasteiger partial charge in [0.05, 0.1) is 13.2 Å². The maximum absolute atomic E-state index is 14.3. The van der Waals surface area contributed by atoms with E-state index >= 15 is 0 Å². The van der Waals surface area contributed by atoms with Gasteiger partial charge in [-0.15, -0.1) is 0 Å². The standard InChI is InChI=1S/C36H33F2N3O5/c37-27-13-11-25(29(38)16-27)17-39-35(43)28-18-40-19-31-41(30-14-12-24(15-26(30)21-45-31)23-9-5-2-6-10-23)36(44)32(40)34(33(28)42)46-20-22-7-3-1-4-8-22/h1-11,13,16,18,24,26,30-31H,12,14-15,17,19-21H2,(H,39,43)/t24-,26-,30-,31+/m0/s1. The third-order valence-corrected chi connectivity index (χ3v) is 9.34. The molecule has 3 aromatic carbocycles. The number of benzene rings is 3. The average Bonchev–Trinajstić information content (AvgIpc) is 3.07. The Bertz CT molecular complexity index is 1830. The second-order valence-electron chi connectivity index (χ2n) is 12.1. The molecule has 2 aliphatic heterocycles. The summed E-state index contributed by atoms with van der Waals surface area (Å²) in [5.74, 6) is -2.38. The van der Waals surface area contributed by atoms with Gasteiger partial charge >= 0.3 is 0 Å². The van der Waals surface area contributed by atoms with E-state index in [0.29, 0.717) is 12.5 Å². The van der Waals surface area contributed by atoms with Crippen LogP contribution in [-0.2, 0) is 24.4 Å². The molecule has 2 amide bonds. The number of carbonyl (C=O) groups excluding carboxylic acids is 2. The fourth-order valence-corrected chi connectivity index (χ4v) is 7.03. The summed E-state index contributed by atoms with van der Waals surface area (Å²) in [5, 5.41) is 2.55. The normalized spacial score (nSPS) is 22.0. The molecule has 3 aliphatic rings. The van der Waals surface area contributed by atoms with Crippen molar-refractivity contribution in [2.75, 3.05) is 6.61 Å². The summed E-state index contributed by atoms with van der Waals surface area (Å²) in [6.07, 6.45) is 3.41. The Hall–Kier alpha value is -4.83. The van der Waals surface area contributed by atoms with Crippen LogP contribution in [-0.4, -0.2) is 40.2 Å². The third-order valence-electron chi connectivity index (χ3n) is 9.34. The summed E-state index contributed by atoms with van der Waals surface area (Å²) in [6, 6.07) is 22.6. The Labute approximate surface area is 264 Å². The smallest absolute Gasteiger partial charge is 0.276 e. The van der Waals surface area contributed by atoms with Crippen LogP contribution in [0.4, 0.5) is 8.78 Å². The second kappa shape index (κ2) is 12.5. The Morgan fingerprint density at radius 3 is 2.50 bits per heavy atom. The minimum atomic E-state index is -0.814. The minimum Gasteiger partial charge on any atom is -0.483 e. The molecule has 236 valence electrons. The zero-order chi connectivity index (χ0) is 31.8. The fraction of sp³-hybridized carbons (Fsp3) is 0.306. The van der Waals surface area contributed by atoms with Gasteiger partial charge in [-0.25, -0.2) is 8.78 Å². The lowest BCUT2D eigenvalue weighted by molar-refractivity contribution is -0.151. The number of carbonyl (C=O) groups is 2. The number of hydrogen-bond acceptors (Lipinski definition) is 5. The van der Waals surface area contributed by atoms with Gasteiger partial charge in [0.2, 0.25) is 5.43 Å². The summed E-state index contributed by atoms with van der Waals surface area (Å²) >= 11 is 0. The van der Waals surface area contributed by atoms with Crippen molar-refractivity contribution in [1.29, 1.82) is 0 Å².